The van der Waals surface area contributed by atoms with Crippen molar-refractivity contribution < 1.29 is 9.53 Å². The van der Waals surface area contributed by atoms with Crippen LogP contribution in [0.4, 0.5) is 0 Å². The van der Waals surface area contributed by atoms with E-state index in [9.17, 15) is 4.79 Å². The Balaban J connectivity index is 2.35. The highest BCUT2D eigenvalue weighted by Gasteiger charge is 2.22. The van der Waals surface area contributed by atoms with Gasteiger partial charge in [-0.2, -0.15) is 0 Å². The van der Waals surface area contributed by atoms with E-state index >= 15 is 0 Å². The fourth-order valence-corrected chi connectivity index (χ4v) is 1.48. The number of carbonyl (C=O) groups is 1. The Kier molecular flexibility index (Phi) is 4.18. The smallest absolute Gasteiger partial charge is 0.248 e. The van der Waals surface area contributed by atoms with Gasteiger partial charge in [0.2, 0.25) is 5.91 Å². The molecule has 0 saturated carbocycles. The maximum absolute atomic E-state index is 11.5. The lowest BCUT2D eigenvalue weighted by atomic mass is 10.2. The normalized spacial score (nSPS) is 23.2. The molecule has 0 aliphatic carbocycles. The van der Waals surface area contributed by atoms with E-state index < -0.39 is 0 Å². The van der Waals surface area contributed by atoms with Crippen LogP contribution in [0.5, 0.6) is 0 Å². The molecule has 1 aliphatic heterocycles. The van der Waals surface area contributed by atoms with Crippen LogP contribution in [-0.2, 0) is 9.53 Å². The second-order valence-electron chi connectivity index (χ2n) is 3.28. The second-order valence-corrected chi connectivity index (χ2v) is 3.28. The van der Waals surface area contributed by atoms with Gasteiger partial charge in [0.15, 0.2) is 0 Å². The van der Waals surface area contributed by atoms with E-state index in [1.165, 1.54) is 0 Å². The van der Waals surface area contributed by atoms with Gasteiger partial charge < -0.3 is 15.0 Å². The molecule has 76 valence electrons. The number of nitrogens with zero attached hydrogens (tertiary/aromatic N) is 1. The van der Waals surface area contributed by atoms with Crippen molar-refractivity contribution in [3.63, 3.8) is 0 Å². The van der Waals surface area contributed by atoms with Crippen molar-refractivity contribution in [1.29, 1.82) is 0 Å². The number of amides is 1. The van der Waals surface area contributed by atoms with E-state index in [2.05, 4.69) is 12.2 Å². The van der Waals surface area contributed by atoms with Crippen LogP contribution in [-0.4, -0.2) is 49.7 Å². The average molecular weight is 186 g/mol. The third-order valence-corrected chi connectivity index (χ3v) is 2.25. The van der Waals surface area contributed by atoms with E-state index in [0.717, 1.165) is 19.6 Å². The third-order valence-electron chi connectivity index (χ3n) is 2.25. The van der Waals surface area contributed by atoms with Crippen LogP contribution in [0.1, 0.15) is 13.8 Å². The van der Waals surface area contributed by atoms with Crippen molar-refractivity contribution in [2.75, 3.05) is 32.8 Å². The van der Waals surface area contributed by atoms with E-state index in [1.54, 1.807) is 0 Å². The first-order chi connectivity index (χ1) is 6.25. The molecule has 1 saturated heterocycles. The molecule has 1 heterocycles. The Bertz CT molecular complexity index is 173. The molecule has 0 radical (unpaired) electrons. The topological polar surface area (TPSA) is 41.6 Å². The summed E-state index contributed by atoms with van der Waals surface area (Å²) in [7, 11) is 0. The highest BCUT2D eigenvalue weighted by Crippen LogP contribution is 2.02. The zero-order valence-electron chi connectivity index (χ0n) is 8.38. The van der Waals surface area contributed by atoms with Gasteiger partial charge in [0.25, 0.3) is 0 Å². The van der Waals surface area contributed by atoms with Gasteiger partial charge in [-0.15, -0.1) is 0 Å². The maximum atomic E-state index is 11.5. The summed E-state index contributed by atoms with van der Waals surface area (Å²) in [6.45, 7) is 7.35. The molecule has 13 heavy (non-hydrogen) atoms. The standard InChI is InChI=1S/C9H18N2O2/c1-3-13-7-9(12)11-5-4-10-6-8(11)2/h8,10H,3-7H2,1-2H3/t8-/m0/s1. The minimum absolute atomic E-state index is 0.107. The van der Waals surface area contributed by atoms with Crippen molar-refractivity contribution >= 4 is 5.91 Å². The van der Waals surface area contributed by atoms with Crippen molar-refractivity contribution in [1.82, 2.24) is 10.2 Å². The Labute approximate surface area is 79.2 Å². The van der Waals surface area contributed by atoms with Crippen molar-refractivity contribution in [3.8, 4) is 0 Å². The van der Waals surface area contributed by atoms with Crippen molar-refractivity contribution in [2.24, 2.45) is 0 Å². The summed E-state index contributed by atoms with van der Waals surface area (Å²) in [4.78, 5) is 13.4. The molecule has 0 unspecified atom stereocenters. The van der Waals surface area contributed by atoms with Crippen molar-refractivity contribution in [3.05, 3.63) is 0 Å². The van der Waals surface area contributed by atoms with Crippen LogP contribution < -0.4 is 5.32 Å². The van der Waals surface area contributed by atoms with Crippen LogP contribution >= 0.6 is 0 Å². The summed E-state index contributed by atoms with van der Waals surface area (Å²) in [5.41, 5.74) is 0. The molecule has 0 bridgehead atoms. The van der Waals surface area contributed by atoms with Gasteiger partial charge in [-0.3, -0.25) is 4.79 Å². The van der Waals surface area contributed by atoms with Crippen LogP contribution in [0.3, 0.4) is 0 Å². The minimum atomic E-state index is 0.107. The third kappa shape index (κ3) is 2.97. The minimum Gasteiger partial charge on any atom is -0.372 e. The Morgan fingerprint density at radius 2 is 2.46 bits per heavy atom. The molecule has 0 aromatic carbocycles. The van der Waals surface area contributed by atoms with Gasteiger partial charge in [0.1, 0.15) is 6.61 Å². The largest absolute Gasteiger partial charge is 0.372 e. The number of hydrogen-bond acceptors (Lipinski definition) is 3. The lowest BCUT2D eigenvalue weighted by molar-refractivity contribution is -0.138. The molecule has 1 amide bonds. The summed E-state index contributed by atoms with van der Waals surface area (Å²) in [6.07, 6.45) is 0. The van der Waals surface area contributed by atoms with Crippen LogP contribution in [0.15, 0.2) is 0 Å². The van der Waals surface area contributed by atoms with Crippen LogP contribution in [0.25, 0.3) is 0 Å². The van der Waals surface area contributed by atoms with Gasteiger partial charge in [-0.1, -0.05) is 0 Å². The Morgan fingerprint density at radius 3 is 3.08 bits per heavy atom. The number of nitrogens with one attached hydrogen (secondary N) is 1. The molecule has 0 aromatic rings. The number of ether oxygens (including phenoxy) is 1. The van der Waals surface area contributed by atoms with Gasteiger partial charge in [0, 0.05) is 32.3 Å². The molecule has 1 atom stereocenters. The molecular formula is C9H18N2O2. The van der Waals surface area contributed by atoms with Gasteiger partial charge in [0.05, 0.1) is 0 Å². The molecule has 0 aromatic heterocycles. The second kappa shape index (κ2) is 5.19. The SMILES string of the molecule is CCOCC(=O)N1CCNC[C@@H]1C. The number of rotatable bonds is 3. The summed E-state index contributed by atoms with van der Waals surface area (Å²) in [5.74, 6) is 0.107. The molecule has 1 fully saturated rings. The average Bonchev–Trinajstić information content (AvgIpc) is 2.15. The summed E-state index contributed by atoms with van der Waals surface area (Å²) in [5, 5.41) is 3.24. The van der Waals surface area contributed by atoms with E-state index in [0.29, 0.717) is 12.6 Å². The quantitative estimate of drug-likeness (QED) is 0.666. The van der Waals surface area contributed by atoms with Crippen molar-refractivity contribution in [2.45, 2.75) is 19.9 Å². The predicted molar refractivity (Wildman–Crippen MR) is 50.5 cm³/mol. The molecule has 1 aliphatic rings. The summed E-state index contributed by atoms with van der Waals surface area (Å²) < 4.78 is 5.09. The van der Waals surface area contributed by atoms with Gasteiger partial charge >= 0.3 is 0 Å². The molecule has 0 spiro atoms. The summed E-state index contributed by atoms with van der Waals surface area (Å²) in [6, 6.07) is 0.293. The highest BCUT2D eigenvalue weighted by atomic mass is 16.5. The van der Waals surface area contributed by atoms with Gasteiger partial charge in [-0.05, 0) is 13.8 Å². The van der Waals surface area contributed by atoms with E-state index in [1.807, 2.05) is 11.8 Å². The zero-order chi connectivity index (χ0) is 9.68. The Morgan fingerprint density at radius 1 is 1.69 bits per heavy atom. The molecule has 1 rings (SSSR count). The van der Waals surface area contributed by atoms with Crippen LogP contribution in [0, 0.1) is 0 Å². The summed E-state index contributed by atoms with van der Waals surface area (Å²) >= 11 is 0. The fraction of sp³-hybridized carbons (Fsp3) is 0.889. The lowest BCUT2D eigenvalue weighted by Gasteiger charge is -2.33. The van der Waals surface area contributed by atoms with Gasteiger partial charge in [-0.25, -0.2) is 0 Å². The first-order valence-corrected chi connectivity index (χ1v) is 4.83. The predicted octanol–water partition coefficient (Wildman–Crippen LogP) is -0.157. The molecule has 4 nitrogen and oxygen atoms in total. The van der Waals surface area contributed by atoms with E-state index in [4.69, 9.17) is 4.74 Å². The molecular weight excluding hydrogens is 168 g/mol. The lowest BCUT2D eigenvalue weighted by Crippen LogP contribution is -2.53. The fourth-order valence-electron chi connectivity index (χ4n) is 1.48. The highest BCUT2D eigenvalue weighted by molar-refractivity contribution is 5.77. The first kappa shape index (κ1) is 10.5. The molecule has 1 N–H and O–H groups in total. The Hall–Kier alpha value is -0.610. The zero-order valence-corrected chi connectivity index (χ0v) is 8.38. The number of carbonyl (C=O) groups excluding carboxylic acids is 1. The maximum Gasteiger partial charge on any atom is 0.248 e. The van der Waals surface area contributed by atoms with E-state index in [-0.39, 0.29) is 12.5 Å². The molecule has 4 heteroatoms. The van der Waals surface area contributed by atoms with Crippen LogP contribution in [0.2, 0.25) is 0 Å². The number of hydrogen-bond donors (Lipinski definition) is 1. The monoisotopic (exact) mass is 186 g/mol. The first-order valence-electron chi connectivity index (χ1n) is 4.83. The number of piperazine rings is 1.